The van der Waals surface area contributed by atoms with E-state index in [9.17, 15) is 4.79 Å². The Kier molecular flexibility index (Phi) is 4.71. The van der Waals surface area contributed by atoms with E-state index < -0.39 is 0 Å². The van der Waals surface area contributed by atoms with Crippen LogP contribution < -0.4 is 5.32 Å². The number of benzene rings is 2. The lowest BCUT2D eigenvalue weighted by Gasteiger charge is -2.18. The van der Waals surface area contributed by atoms with Gasteiger partial charge in [0.05, 0.1) is 6.04 Å². The van der Waals surface area contributed by atoms with Crippen LogP contribution in [-0.4, -0.2) is 5.91 Å². The van der Waals surface area contributed by atoms with Crippen LogP contribution in [0.25, 0.3) is 0 Å². The number of amides is 1. The van der Waals surface area contributed by atoms with Crippen LogP contribution in [0.5, 0.6) is 0 Å². The van der Waals surface area contributed by atoms with Crippen molar-refractivity contribution in [3.05, 3.63) is 92.6 Å². The van der Waals surface area contributed by atoms with Crippen LogP contribution in [-0.2, 0) is 0 Å². The molecule has 0 bridgehead atoms. The van der Waals surface area contributed by atoms with Crippen molar-refractivity contribution in [3.63, 3.8) is 0 Å². The summed E-state index contributed by atoms with van der Waals surface area (Å²) >= 11 is 5.03. The maximum Gasteiger partial charge on any atom is 0.252 e. The summed E-state index contributed by atoms with van der Waals surface area (Å²) in [4.78, 5) is 13.6. The molecule has 3 aromatic rings. The molecule has 0 unspecified atom stereocenters. The van der Waals surface area contributed by atoms with E-state index in [0.717, 1.165) is 14.9 Å². The Labute approximate surface area is 141 Å². The van der Waals surface area contributed by atoms with Gasteiger partial charge in [0.15, 0.2) is 0 Å². The molecule has 0 aliphatic carbocycles. The van der Waals surface area contributed by atoms with Gasteiger partial charge in [0.25, 0.3) is 5.91 Å². The van der Waals surface area contributed by atoms with Gasteiger partial charge in [-0.3, -0.25) is 4.79 Å². The van der Waals surface area contributed by atoms with Crippen molar-refractivity contribution >= 4 is 33.2 Å². The Morgan fingerprint density at radius 2 is 1.68 bits per heavy atom. The average Bonchev–Trinajstić information content (AvgIpc) is 3.08. The summed E-state index contributed by atoms with van der Waals surface area (Å²) in [5.41, 5.74) is 1.73. The molecule has 110 valence electrons. The molecule has 0 saturated carbocycles. The number of carbonyl (C=O) groups is 1. The Balaban J connectivity index is 1.87. The van der Waals surface area contributed by atoms with E-state index in [1.165, 1.54) is 0 Å². The number of rotatable bonds is 4. The summed E-state index contributed by atoms with van der Waals surface area (Å²) in [6, 6.07) is 21.3. The summed E-state index contributed by atoms with van der Waals surface area (Å²) < 4.78 is 0.960. The third kappa shape index (κ3) is 3.46. The predicted molar refractivity (Wildman–Crippen MR) is 94.2 cm³/mol. The maximum atomic E-state index is 12.5. The molecular weight excluding hydrogens is 358 g/mol. The molecule has 3 rings (SSSR count). The van der Waals surface area contributed by atoms with Gasteiger partial charge in [-0.25, -0.2) is 0 Å². The van der Waals surface area contributed by atoms with E-state index in [0.29, 0.717) is 5.56 Å². The summed E-state index contributed by atoms with van der Waals surface area (Å²) in [5.74, 6) is -0.0743. The third-order valence-electron chi connectivity index (χ3n) is 3.34. The van der Waals surface area contributed by atoms with Gasteiger partial charge in [0.1, 0.15) is 0 Å². The number of hydrogen-bond donors (Lipinski definition) is 1. The zero-order valence-electron chi connectivity index (χ0n) is 11.7. The van der Waals surface area contributed by atoms with Crippen molar-refractivity contribution < 1.29 is 4.79 Å². The number of halogens is 1. The molecule has 1 heterocycles. The topological polar surface area (TPSA) is 29.1 Å². The zero-order valence-corrected chi connectivity index (χ0v) is 14.1. The molecule has 1 atom stereocenters. The van der Waals surface area contributed by atoms with E-state index in [4.69, 9.17) is 0 Å². The van der Waals surface area contributed by atoms with Crippen LogP contribution in [0.3, 0.4) is 0 Å². The minimum absolute atomic E-state index is 0.0743. The average molecular weight is 372 g/mol. The van der Waals surface area contributed by atoms with Gasteiger partial charge in [-0.2, -0.15) is 0 Å². The fraction of sp³-hybridized carbons (Fsp3) is 0.0556. The Morgan fingerprint density at radius 3 is 2.32 bits per heavy atom. The Bertz CT molecular complexity index is 739. The number of carbonyl (C=O) groups excluding carboxylic acids is 1. The molecule has 1 aromatic heterocycles. The van der Waals surface area contributed by atoms with Crippen molar-refractivity contribution in [2.24, 2.45) is 0 Å². The molecule has 0 saturated heterocycles. The van der Waals surface area contributed by atoms with E-state index in [-0.39, 0.29) is 11.9 Å². The van der Waals surface area contributed by atoms with Gasteiger partial charge >= 0.3 is 0 Å². The normalized spacial score (nSPS) is 11.9. The molecule has 0 aliphatic rings. The second-order valence-electron chi connectivity index (χ2n) is 4.84. The van der Waals surface area contributed by atoms with Gasteiger partial charge in [0, 0.05) is 14.9 Å². The van der Waals surface area contributed by atoms with Crippen molar-refractivity contribution in [2.75, 3.05) is 0 Å². The first-order chi connectivity index (χ1) is 10.7. The minimum Gasteiger partial charge on any atom is -0.340 e. The zero-order chi connectivity index (χ0) is 15.4. The highest BCUT2D eigenvalue weighted by Gasteiger charge is 2.18. The molecule has 0 fully saturated rings. The first kappa shape index (κ1) is 15.0. The number of thiophene rings is 1. The second kappa shape index (κ2) is 6.90. The molecular formula is C18H14BrNOS. The fourth-order valence-electron chi connectivity index (χ4n) is 2.24. The molecule has 1 N–H and O–H groups in total. The first-order valence-electron chi connectivity index (χ1n) is 6.89. The lowest BCUT2D eigenvalue weighted by Crippen LogP contribution is -2.28. The highest BCUT2D eigenvalue weighted by molar-refractivity contribution is 9.10. The molecule has 2 aromatic carbocycles. The summed E-state index contributed by atoms with van der Waals surface area (Å²) in [6.07, 6.45) is 0. The lowest BCUT2D eigenvalue weighted by atomic mass is 10.0. The van der Waals surface area contributed by atoms with Gasteiger partial charge in [-0.05, 0) is 41.3 Å². The van der Waals surface area contributed by atoms with E-state index in [2.05, 4.69) is 21.2 Å². The summed E-state index contributed by atoms with van der Waals surface area (Å²) in [5, 5.41) is 5.15. The second-order valence-corrected chi connectivity index (χ2v) is 6.73. The Morgan fingerprint density at radius 1 is 0.955 bits per heavy atom. The van der Waals surface area contributed by atoms with Gasteiger partial charge < -0.3 is 5.32 Å². The Hall–Kier alpha value is -1.91. The molecule has 0 radical (unpaired) electrons. The lowest BCUT2D eigenvalue weighted by molar-refractivity contribution is 0.0943. The SMILES string of the molecule is O=C(N[C@H](c1ccccc1)c1cccs1)c1ccc(Br)cc1. The van der Waals surface area contributed by atoms with Crippen LogP contribution in [0.4, 0.5) is 0 Å². The maximum absolute atomic E-state index is 12.5. The summed E-state index contributed by atoms with van der Waals surface area (Å²) in [7, 11) is 0. The quantitative estimate of drug-likeness (QED) is 0.684. The standard InChI is InChI=1S/C18H14BrNOS/c19-15-10-8-14(9-11-15)18(21)20-17(16-7-4-12-22-16)13-5-2-1-3-6-13/h1-12,17H,(H,20,21)/t17-/m1/s1. The van der Waals surface area contributed by atoms with Gasteiger partial charge in [0.2, 0.25) is 0 Å². The predicted octanol–water partition coefficient (Wildman–Crippen LogP) is 5.03. The fourth-order valence-corrected chi connectivity index (χ4v) is 3.30. The molecule has 22 heavy (non-hydrogen) atoms. The number of nitrogens with one attached hydrogen (secondary N) is 1. The molecule has 4 heteroatoms. The van der Waals surface area contributed by atoms with Crippen LogP contribution >= 0.6 is 27.3 Å². The van der Waals surface area contributed by atoms with Crippen molar-refractivity contribution in [3.8, 4) is 0 Å². The van der Waals surface area contributed by atoms with E-state index in [1.807, 2.05) is 72.1 Å². The molecule has 0 spiro atoms. The monoisotopic (exact) mass is 371 g/mol. The van der Waals surface area contributed by atoms with E-state index in [1.54, 1.807) is 11.3 Å². The number of hydrogen-bond acceptors (Lipinski definition) is 2. The highest BCUT2D eigenvalue weighted by atomic mass is 79.9. The van der Waals surface area contributed by atoms with Crippen molar-refractivity contribution in [1.29, 1.82) is 0 Å². The third-order valence-corrected chi connectivity index (χ3v) is 4.81. The molecule has 0 aliphatic heterocycles. The van der Waals surface area contributed by atoms with Crippen molar-refractivity contribution in [1.82, 2.24) is 5.32 Å². The van der Waals surface area contributed by atoms with Crippen molar-refractivity contribution in [2.45, 2.75) is 6.04 Å². The summed E-state index contributed by atoms with van der Waals surface area (Å²) in [6.45, 7) is 0. The van der Waals surface area contributed by atoms with Gasteiger partial charge in [-0.1, -0.05) is 52.3 Å². The first-order valence-corrected chi connectivity index (χ1v) is 8.56. The smallest absolute Gasteiger partial charge is 0.252 e. The molecule has 2 nitrogen and oxygen atoms in total. The van der Waals surface area contributed by atoms with Crippen LogP contribution in [0.2, 0.25) is 0 Å². The van der Waals surface area contributed by atoms with E-state index >= 15 is 0 Å². The largest absolute Gasteiger partial charge is 0.340 e. The molecule has 1 amide bonds. The highest BCUT2D eigenvalue weighted by Crippen LogP contribution is 2.26. The van der Waals surface area contributed by atoms with Crippen LogP contribution in [0, 0.1) is 0 Å². The van der Waals surface area contributed by atoms with Crippen LogP contribution in [0.1, 0.15) is 26.8 Å². The minimum atomic E-state index is -0.127. The van der Waals surface area contributed by atoms with Crippen LogP contribution in [0.15, 0.2) is 76.6 Å². The van der Waals surface area contributed by atoms with Gasteiger partial charge in [-0.15, -0.1) is 11.3 Å².